The first-order valence-electron chi connectivity index (χ1n) is 8.80. The highest BCUT2D eigenvalue weighted by Crippen LogP contribution is 2.31. The van der Waals surface area contributed by atoms with Gasteiger partial charge in [0.15, 0.2) is 11.5 Å². The summed E-state index contributed by atoms with van der Waals surface area (Å²) in [5.74, 6) is 1.89. The molecule has 0 atom stereocenters. The molecule has 2 aromatic carbocycles. The minimum absolute atomic E-state index is 0.285. The molecule has 8 heteroatoms. The van der Waals surface area contributed by atoms with Crippen LogP contribution in [-0.2, 0) is 6.61 Å². The van der Waals surface area contributed by atoms with Crippen molar-refractivity contribution in [3.05, 3.63) is 64.0 Å². The average molecular weight is 417 g/mol. The Morgan fingerprint density at radius 2 is 1.79 bits per heavy atom. The normalized spacial score (nSPS) is 10.5. The molecule has 1 amide bonds. The van der Waals surface area contributed by atoms with Crippen molar-refractivity contribution in [3.63, 3.8) is 0 Å². The van der Waals surface area contributed by atoms with E-state index in [0.717, 1.165) is 11.3 Å². The summed E-state index contributed by atoms with van der Waals surface area (Å²) in [5, 5.41) is 7.11. The number of aromatic nitrogens is 1. The van der Waals surface area contributed by atoms with Crippen LogP contribution in [0.15, 0.2) is 40.9 Å². The smallest absolute Gasteiger partial charge is 0.255 e. The van der Waals surface area contributed by atoms with Crippen molar-refractivity contribution in [2.45, 2.75) is 20.5 Å². The molecule has 3 aromatic rings. The Kier molecular flexibility index (Phi) is 6.29. The molecular formula is C21H21ClN2O5. The molecule has 1 heterocycles. The number of amides is 1. The zero-order valence-corrected chi connectivity index (χ0v) is 17.3. The fourth-order valence-corrected chi connectivity index (χ4v) is 2.99. The molecule has 0 saturated heterocycles. The summed E-state index contributed by atoms with van der Waals surface area (Å²) < 4.78 is 21.5. The molecular weight excluding hydrogens is 396 g/mol. The highest BCUT2D eigenvalue weighted by Gasteiger charge is 2.15. The molecule has 29 heavy (non-hydrogen) atoms. The van der Waals surface area contributed by atoms with E-state index in [1.165, 1.54) is 14.2 Å². The summed E-state index contributed by atoms with van der Waals surface area (Å²) >= 11 is 6.10. The van der Waals surface area contributed by atoms with Crippen molar-refractivity contribution in [1.82, 2.24) is 5.16 Å². The molecule has 0 bridgehead atoms. The number of carbonyl (C=O) groups is 1. The minimum Gasteiger partial charge on any atom is -0.495 e. The van der Waals surface area contributed by atoms with Gasteiger partial charge < -0.3 is 24.1 Å². The first-order chi connectivity index (χ1) is 13.9. The van der Waals surface area contributed by atoms with E-state index in [4.69, 9.17) is 30.3 Å². The molecule has 0 unspecified atom stereocenters. The van der Waals surface area contributed by atoms with Gasteiger partial charge in [-0.25, -0.2) is 0 Å². The first kappa shape index (κ1) is 20.5. The van der Waals surface area contributed by atoms with Crippen molar-refractivity contribution >= 4 is 23.2 Å². The summed E-state index contributed by atoms with van der Waals surface area (Å²) in [6, 6.07) is 9.98. The Morgan fingerprint density at radius 3 is 2.41 bits per heavy atom. The van der Waals surface area contributed by atoms with Crippen LogP contribution in [0.5, 0.6) is 17.2 Å². The molecule has 0 radical (unpaired) electrons. The van der Waals surface area contributed by atoms with E-state index in [9.17, 15) is 4.79 Å². The fourth-order valence-electron chi connectivity index (χ4n) is 2.73. The van der Waals surface area contributed by atoms with Crippen molar-refractivity contribution in [2.24, 2.45) is 0 Å². The SMILES string of the molecule is COc1ccc(NC(=O)c2ccc(OCc3c(C)noc3C)c(OC)c2)cc1Cl. The van der Waals surface area contributed by atoms with Crippen LogP contribution in [-0.4, -0.2) is 25.3 Å². The lowest BCUT2D eigenvalue weighted by Gasteiger charge is -2.13. The number of anilines is 1. The van der Waals surface area contributed by atoms with Gasteiger partial charge in [-0.3, -0.25) is 4.79 Å². The summed E-state index contributed by atoms with van der Waals surface area (Å²) in [6.45, 7) is 3.97. The van der Waals surface area contributed by atoms with E-state index in [-0.39, 0.29) is 12.5 Å². The largest absolute Gasteiger partial charge is 0.495 e. The zero-order valence-electron chi connectivity index (χ0n) is 16.5. The average Bonchev–Trinajstić information content (AvgIpc) is 3.04. The number of hydrogen-bond acceptors (Lipinski definition) is 6. The van der Waals surface area contributed by atoms with E-state index in [1.807, 2.05) is 13.8 Å². The Hall–Kier alpha value is -3.19. The second kappa shape index (κ2) is 8.87. The van der Waals surface area contributed by atoms with Gasteiger partial charge in [-0.15, -0.1) is 0 Å². The number of rotatable bonds is 7. The minimum atomic E-state index is -0.304. The molecule has 1 N–H and O–H groups in total. The fraction of sp³-hybridized carbons (Fsp3) is 0.238. The third-order valence-electron chi connectivity index (χ3n) is 4.39. The number of hydrogen-bond donors (Lipinski definition) is 1. The predicted octanol–water partition coefficient (Wildman–Crippen LogP) is 4.79. The van der Waals surface area contributed by atoms with Gasteiger partial charge in [-0.1, -0.05) is 16.8 Å². The van der Waals surface area contributed by atoms with E-state index < -0.39 is 0 Å². The maximum atomic E-state index is 12.6. The standard InChI is InChI=1S/C21H21ClN2O5/c1-12-16(13(2)29-24-12)11-28-19-7-5-14(9-20(19)27-4)21(25)23-15-6-8-18(26-3)17(22)10-15/h5-10H,11H2,1-4H3,(H,23,25). The second-order valence-electron chi connectivity index (χ2n) is 6.26. The van der Waals surface area contributed by atoms with Crippen LogP contribution >= 0.6 is 11.6 Å². The quantitative estimate of drug-likeness (QED) is 0.596. The molecule has 152 valence electrons. The molecule has 0 aliphatic rings. The maximum absolute atomic E-state index is 12.6. The van der Waals surface area contributed by atoms with Crippen molar-refractivity contribution in [2.75, 3.05) is 19.5 Å². The van der Waals surface area contributed by atoms with Gasteiger partial charge in [-0.2, -0.15) is 0 Å². The number of halogens is 1. The molecule has 0 spiro atoms. The van der Waals surface area contributed by atoms with Gasteiger partial charge >= 0.3 is 0 Å². The number of aryl methyl sites for hydroxylation is 2. The van der Waals surface area contributed by atoms with Gasteiger partial charge in [0, 0.05) is 11.3 Å². The summed E-state index contributed by atoms with van der Waals surface area (Å²) in [4.78, 5) is 12.6. The summed E-state index contributed by atoms with van der Waals surface area (Å²) in [7, 11) is 3.05. The lowest BCUT2D eigenvalue weighted by Crippen LogP contribution is -2.12. The number of nitrogens with zero attached hydrogens (tertiary/aromatic N) is 1. The number of nitrogens with one attached hydrogen (secondary N) is 1. The monoisotopic (exact) mass is 416 g/mol. The lowest BCUT2D eigenvalue weighted by atomic mass is 10.1. The summed E-state index contributed by atoms with van der Waals surface area (Å²) in [5.41, 5.74) is 2.62. The molecule has 0 aliphatic carbocycles. The van der Waals surface area contributed by atoms with Crippen molar-refractivity contribution in [1.29, 1.82) is 0 Å². The van der Waals surface area contributed by atoms with Crippen LogP contribution in [0.2, 0.25) is 5.02 Å². The Bertz CT molecular complexity index is 1010. The zero-order chi connectivity index (χ0) is 21.0. The van der Waals surface area contributed by atoms with E-state index in [1.54, 1.807) is 36.4 Å². The van der Waals surface area contributed by atoms with Crippen LogP contribution in [0.25, 0.3) is 0 Å². The maximum Gasteiger partial charge on any atom is 0.255 e. The van der Waals surface area contributed by atoms with Gasteiger partial charge in [0.2, 0.25) is 0 Å². The second-order valence-corrected chi connectivity index (χ2v) is 6.67. The van der Waals surface area contributed by atoms with Gasteiger partial charge in [0.05, 0.1) is 30.5 Å². The van der Waals surface area contributed by atoms with Crippen LogP contribution in [0.1, 0.15) is 27.4 Å². The van der Waals surface area contributed by atoms with Gasteiger partial charge in [0.25, 0.3) is 5.91 Å². The van der Waals surface area contributed by atoms with Crippen molar-refractivity contribution in [3.8, 4) is 17.2 Å². The van der Waals surface area contributed by atoms with Crippen LogP contribution < -0.4 is 19.5 Å². The third kappa shape index (κ3) is 4.63. The molecule has 7 nitrogen and oxygen atoms in total. The molecule has 0 aliphatic heterocycles. The first-order valence-corrected chi connectivity index (χ1v) is 9.18. The van der Waals surface area contributed by atoms with E-state index >= 15 is 0 Å². The predicted molar refractivity (Wildman–Crippen MR) is 109 cm³/mol. The molecule has 1 aromatic heterocycles. The number of benzene rings is 2. The highest BCUT2D eigenvalue weighted by molar-refractivity contribution is 6.32. The van der Waals surface area contributed by atoms with E-state index in [2.05, 4.69) is 10.5 Å². The highest BCUT2D eigenvalue weighted by atomic mass is 35.5. The Morgan fingerprint density at radius 1 is 1.07 bits per heavy atom. The van der Waals surface area contributed by atoms with Gasteiger partial charge in [-0.05, 0) is 50.2 Å². The van der Waals surface area contributed by atoms with Crippen LogP contribution in [0.4, 0.5) is 5.69 Å². The number of ether oxygens (including phenoxy) is 3. The van der Waals surface area contributed by atoms with Crippen molar-refractivity contribution < 1.29 is 23.5 Å². The Balaban J connectivity index is 1.73. The summed E-state index contributed by atoms with van der Waals surface area (Å²) in [6.07, 6.45) is 0. The van der Waals surface area contributed by atoms with E-state index in [0.29, 0.717) is 39.3 Å². The number of methoxy groups -OCH3 is 2. The topological polar surface area (TPSA) is 82.8 Å². The molecule has 3 rings (SSSR count). The third-order valence-corrected chi connectivity index (χ3v) is 4.68. The van der Waals surface area contributed by atoms with Gasteiger partial charge in [0.1, 0.15) is 18.1 Å². The molecule has 0 saturated carbocycles. The Labute approximate surface area is 173 Å². The van der Waals surface area contributed by atoms with Crippen LogP contribution in [0.3, 0.4) is 0 Å². The number of carbonyl (C=O) groups excluding carboxylic acids is 1. The van der Waals surface area contributed by atoms with Crippen LogP contribution in [0, 0.1) is 13.8 Å². The molecule has 0 fully saturated rings. The lowest BCUT2D eigenvalue weighted by molar-refractivity contribution is 0.102.